The second-order valence-electron chi connectivity index (χ2n) is 4.19. The summed E-state index contributed by atoms with van der Waals surface area (Å²) in [6.07, 6.45) is 0. The molecule has 1 rings (SSSR count). The number of nitrogens with one attached hydrogen (secondary N) is 1. The lowest BCUT2D eigenvalue weighted by Gasteiger charge is -2.17. The Morgan fingerprint density at radius 3 is 2.61 bits per heavy atom. The maximum atomic E-state index is 13.5. The van der Waals surface area contributed by atoms with E-state index in [9.17, 15) is 13.6 Å². The standard InChI is InChI=1S/C12H16F2N2O2/c1-16(2)6-5-15-11(12(17)18)9-4-3-8(13)7-10(9)14/h3-4,7,11,15H,5-6H2,1-2H3,(H,17,18). The fourth-order valence-electron chi connectivity index (χ4n) is 1.50. The van der Waals surface area contributed by atoms with Crippen LogP contribution in [-0.4, -0.2) is 43.2 Å². The zero-order valence-electron chi connectivity index (χ0n) is 10.3. The number of hydrogen-bond donors (Lipinski definition) is 2. The van der Waals surface area contributed by atoms with E-state index in [1.807, 2.05) is 19.0 Å². The Balaban J connectivity index is 2.81. The van der Waals surface area contributed by atoms with Crippen molar-refractivity contribution < 1.29 is 18.7 Å². The highest BCUT2D eigenvalue weighted by Crippen LogP contribution is 2.18. The first-order valence-corrected chi connectivity index (χ1v) is 5.47. The Bertz CT molecular complexity index is 425. The van der Waals surface area contributed by atoms with Crippen LogP contribution in [0.25, 0.3) is 0 Å². The average Bonchev–Trinajstić information content (AvgIpc) is 2.25. The first-order valence-electron chi connectivity index (χ1n) is 5.47. The number of rotatable bonds is 6. The quantitative estimate of drug-likeness (QED) is 0.806. The minimum Gasteiger partial charge on any atom is -0.480 e. The third-order valence-electron chi connectivity index (χ3n) is 2.43. The summed E-state index contributed by atoms with van der Waals surface area (Å²) in [6, 6.07) is 1.69. The molecule has 1 aromatic carbocycles. The van der Waals surface area contributed by atoms with Crippen LogP contribution in [0.1, 0.15) is 11.6 Å². The zero-order chi connectivity index (χ0) is 13.7. The summed E-state index contributed by atoms with van der Waals surface area (Å²) in [4.78, 5) is 12.9. The second kappa shape index (κ2) is 6.42. The number of halogens is 2. The van der Waals surface area contributed by atoms with E-state index in [4.69, 9.17) is 5.11 Å². The van der Waals surface area contributed by atoms with Crippen LogP contribution in [0.15, 0.2) is 18.2 Å². The summed E-state index contributed by atoms with van der Waals surface area (Å²) in [5.74, 6) is -2.78. The van der Waals surface area contributed by atoms with E-state index < -0.39 is 23.6 Å². The molecule has 0 heterocycles. The number of hydrogen-bond acceptors (Lipinski definition) is 3. The van der Waals surface area contributed by atoms with Gasteiger partial charge in [0.25, 0.3) is 0 Å². The molecule has 1 atom stereocenters. The van der Waals surface area contributed by atoms with Gasteiger partial charge in [-0.25, -0.2) is 8.78 Å². The number of carboxylic acids is 1. The number of benzene rings is 1. The monoisotopic (exact) mass is 258 g/mol. The lowest BCUT2D eigenvalue weighted by molar-refractivity contribution is -0.139. The normalized spacial score (nSPS) is 12.7. The van der Waals surface area contributed by atoms with E-state index >= 15 is 0 Å². The van der Waals surface area contributed by atoms with Gasteiger partial charge in [0.05, 0.1) is 0 Å². The van der Waals surface area contributed by atoms with Crippen molar-refractivity contribution in [3.05, 3.63) is 35.4 Å². The number of carbonyl (C=O) groups is 1. The molecular formula is C12H16F2N2O2. The molecule has 0 aliphatic heterocycles. The van der Waals surface area contributed by atoms with Gasteiger partial charge in [-0.1, -0.05) is 6.07 Å². The van der Waals surface area contributed by atoms with Gasteiger partial charge in [-0.2, -0.15) is 0 Å². The van der Waals surface area contributed by atoms with Crippen LogP contribution in [-0.2, 0) is 4.79 Å². The van der Waals surface area contributed by atoms with Gasteiger partial charge in [-0.15, -0.1) is 0 Å². The molecule has 0 radical (unpaired) electrons. The SMILES string of the molecule is CN(C)CCNC(C(=O)O)c1ccc(F)cc1F. The van der Waals surface area contributed by atoms with Gasteiger partial charge in [0, 0.05) is 24.7 Å². The van der Waals surface area contributed by atoms with Crippen molar-refractivity contribution in [2.24, 2.45) is 0 Å². The third kappa shape index (κ3) is 4.05. The third-order valence-corrected chi connectivity index (χ3v) is 2.43. The molecule has 0 aromatic heterocycles. The number of aliphatic carboxylic acids is 1. The molecule has 100 valence electrons. The van der Waals surface area contributed by atoms with E-state index in [0.29, 0.717) is 19.2 Å². The highest BCUT2D eigenvalue weighted by molar-refractivity contribution is 5.75. The highest BCUT2D eigenvalue weighted by Gasteiger charge is 2.22. The zero-order valence-corrected chi connectivity index (χ0v) is 10.3. The molecule has 0 saturated heterocycles. The second-order valence-corrected chi connectivity index (χ2v) is 4.19. The van der Waals surface area contributed by atoms with E-state index in [1.165, 1.54) is 0 Å². The van der Waals surface area contributed by atoms with Crippen molar-refractivity contribution in [2.75, 3.05) is 27.2 Å². The highest BCUT2D eigenvalue weighted by atomic mass is 19.1. The van der Waals surface area contributed by atoms with E-state index in [-0.39, 0.29) is 5.56 Å². The van der Waals surface area contributed by atoms with Gasteiger partial charge in [0.1, 0.15) is 17.7 Å². The van der Waals surface area contributed by atoms with Crippen LogP contribution in [0.5, 0.6) is 0 Å². The van der Waals surface area contributed by atoms with Crippen LogP contribution in [0.4, 0.5) is 8.78 Å². The molecular weight excluding hydrogens is 242 g/mol. The smallest absolute Gasteiger partial charge is 0.325 e. The van der Waals surface area contributed by atoms with Crippen LogP contribution < -0.4 is 5.32 Å². The minimum absolute atomic E-state index is 0.0670. The summed E-state index contributed by atoms with van der Waals surface area (Å²) >= 11 is 0. The summed E-state index contributed by atoms with van der Waals surface area (Å²) in [5, 5.41) is 11.8. The number of nitrogens with zero attached hydrogens (tertiary/aromatic N) is 1. The van der Waals surface area contributed by atoms with Gasteiger partial charge >= 0.3 is 5.97 Å². The first-order chi connectivity index (χ1) is 8.41. The van der Waals surface area contributed by atoms with Crippen LogP contribution in [0.2, 0.25) is 0 Å². The van der Waals surface area contributed by atoms with Gasteiger partial charge in [0.15, 0.2) is 0 Å². The summed E-state index contributed by atoms with van der Waals surface area (Å²) < 4.78 is 26.2. The lowest BCUT2D eigenvalue weighted by atomic mass is 10.1. The Hall–Kier alpha value is -1.53. The molecule has 0 fully saturated rings. The predicted octanol–water partition coefficient (Wildman–Crippen LogP) is 1.24. The lowest BCUT2D eigenvalue weighted by Crippen LogP contribution is -2.34. The fourth-order valence-corrected chi connectivity index (χ4v) is 1.50. The molecule has 0 aliphatic rings. The molecule has 0 bridgehead atoms. The number of likely N-dealkylation sites (N-methyl/N-ethyl adjacent to an activating group) is 1. The molecule has 18 heavy (non-hydrogen) atoms. The maximum absolute atomic E-state index is 13.5. The average molecular weight is 258 g/mol. The van der Waals surface area contributed by atoms with Crippen molar-refractivity contribution in [1.29, 1.82) is 0 Å². The Morgan fingerprint density at radius 1 is 1.44 bits per heavy atom. The van der Waals surface area contributed by atoms with Gasteiger partial charge in [-0.3, -0.25) is 10.1 Å². The van der Waals surface area contributed by atoms with Gasteiger partial charge in [0.2, 0.25) is 0 Å². The molecule has 0 saturated carbocycles. The number of carboxylic acid groups (broad SMARTS) is 1. The van der Waals surface area contributed by atoms with E-state index in [0.717, 1.165) is 12.1 Å². The Kier molecular flexibility index (Phi) is 5.18. The van der Waals surface area contributed by atoms with Crippen molar-refractivity contribution >= 4 is 5.97 Å². The van der Waals surface area contributed by atoms with Gasteiger partial charge < -0.3 is 10.0 Å². The van der Waals surface area contributed by atoms with Crippen LogP contribution in [0, 0.1) is 11.6 Å². The summed E-state index contributed by atoms with van der Waals surface area (Å²) in [6.45, 7) is 1.01. The molecule has 0 spiro atoms. The summed E-state index contributed by atoms with van der Waals surface area (Å²) in [5.41, 5.74) is -0.0670. The topological polar surface area (TPSA) is 52.6 Å². The molecule has 1 aromatic rings. The largest absolute Gasteiger partial charge is 0.480 e. The Labute approximate surface area is 104 Å². The van der Waals surface area contributed by atoms with Crippen molar-refractivity contribution in [2.45, 2.75) is 6.04 Å². The van der Waals surface area contributed by atoms with E-state index in [1.54, 1.807) is 0 Å². The minimum atomic E-state index is -1.20. The van der Waals surface area contributed by atoms with Crippen LogP contribution >= 0.6 is 0 Å². The molecule has 0 amide bonds. The van der Waals surface area contributed by atoms with Gasteiger partial charge in [-0.05, 0) is 20.2 Å². The Morgan fingerprint density at radius 2 is 2.11 bits per heavy atom. The van der Waals surface area contributed by atoms with E-state index in [2.05, 4.69) is 5.32 Å². The molecule has 2 N–H and O–H groups in total. The molecule has 4 nitrogen and oxygen atoms in total. The van der Waals surface area contributed by atoms with Crippen molar-refractivity contribution in [3.8, 4) is 0 Å². The molecule has 0 aliphatic carbocycles. The fraction of sp³-hybridized carbons (Fsp3) is 0.417. The molecule has 1 unspecified atom stereocenters. The molecule has 6 heteroatoms. The predicted molar refractivity (Wildman–Crippen MR) is 63.3 cm³/mol. The van der Waals surface area contributed by atoms with Crippen molar-refractivity contribution in [1.82, 2.24) is 10.2 Å². The first kappa shape index (κ1) is 14.5. The van der Waals surface area contributed by atoms with Crippen molar-refractivity contribution in [3.63, 3.8) is 0 Å². The summed E-state index contributed by atoms with van der Waals surface area (Å²) in [7, 11) is 3.69. The van der Waals surface area contributed by atoms with Crippen LogP contribution in [0.3, 0.4) is 0 Å². The maximum Gasteiger partial charge on any atom is 0.325 e.